The average molecular weight is 421 g/mol. The van der Waals surface area contributed by atoms with E-state index in [1.165, 1.54) is 24.9 Å². The van der Waals surface area contributed by atoms with E-state index in [9.17, 15) is 9.59 Å². The van der Waals surface area contributed by atoms with Crippen molar-refractivity contribution in [3.8, 4) is 0 Å². The SMILES string of the molecule is CC(=O)c1ccc(N2CCN(CC(=O)Nc3ccc(N4CCCCC4)cc3)CC2)cc1. The van der Waals surface area contributed by atoms with Gasteiger partial charge in [-0.05, 0) is 74.7 Å². The summed E-state index contributed by atoms with van der Waals surface area (Å²) in [6.45, 7) is 7.67. The Kier molecular flexibility index (Phi) is 6.87. The first kappa shape index (κ1) is 21.4. The van der Waals surface area contributed by atoms with Crippen LogP contribution in [0.5, 0.6) is 0 Å². The van der Waals surface area contributed by atoms with Crippen molar-refractivity contribution in [2.24, 2.45) is 0 Å². The molecule has 31 heavy (non-hydrogen) atoms. The molecule has 0 aliphatic carbocycles. The number of ketones is 1. The molecule has 2 aliphatic rings. The third kappa shape index (κ3) is 5.64. The zero-order valence-electron chi connectivity index (χ0n) is 18.3. The van der Waals surface area contributed by atoms with Crippen LogP contribution in [0.1, 0.15) is 36.5 Å². The van der Waals surface area contributed by atoms with Crippen LogP contribution in [0.25, 0.3) is 0 Å². The van der Waals surface area contributed by atoms with Crippen molar-refractivity contribution >= 4 is 28.8 Å². The van der Waals surface area contributed by atoms with Gasteiger partial charge in [0.05, 0.1) is 6.54 Å². The van der Waals surface area contributed by atoms with Gasteiger partial charge < -0.3 is 15.1 Å². The Morgan fingerprint density at radius 1 is 0.742 bits per heavy atom. The van der Waals surface area contributed by atoms with E-state index in [-0.39, 0.29) is 11.7 Å². The molecule has 2 saturated heterocycles. The van der Waals surface area contributed by atoms with Crippen LogP contribution in [0, 0.1) is 0 Å². The summed E-state index contributed by atoms with van der Waals surface area (Å²) in [5.41, 5.74) is 3.96. The minimum Gasteiger partial charge on any atom is -0.372 e. The van der Waals surface area contributed by atoms with Crippen LogP contribution in [0.4, 0.5) is 17.1 Å². The number of anilines is 3. The summed E-state index contributed by atoms with van der Waals surface area (Å²) < 4.78 is 0. The Bertz CT molecular complexity index is 881. The summed E-state index contributed by atoms with van der Waals surface area (Å²) in [4.78, 5) is 30.9. The number of benzene rings is 2. The van der Waals surface area contributed by atoms with Crippen LogP contribution in [0.3, 0.4) is 0 Å². The fraction of sp³-hybridized carbons (Fsp3) is 0.440. The molecule has 1 amide bonds. The number of nitrogens with zero attached hydrogens (tertiary/aromatic N) is 3. The molecule has 2 aliphatic heterocycles. The Morgan fingerprint density at radius 3 is 1.87 bits per heavy atom. The number of amides is 1. The van der Waals surface area contributed by atoms with Gasteiger partial charge in [0, 0.05) is 61.9 Å². The maximum absolute atomic E-state index is 12.5. The topological polar surface area (TPSA) is 55.9 Å². The molecule has 2 aromatic rings. The summed E-state index contributed by atoms with van der Waals surface area (Å²) in [5, 5.41) is 3.03. The number of hydrogen-bond donors (Lipinski definition) is 1. The highest BCUT2D eigenvalue weighted by Gasteiger charge is 2.19. The Morgan fingerprint density at radius 2 is 1.29 bits per heavy atom. The monoisotopic (exact) mass is 420 g/mol. The van der Waals surface area contributed by atoms with Gasteiger partial charge in [0.15, 0.2) is 5.78 Å². The molecule has 2 heterocycles. The van der Waals surface area contributed by atoms with Crippen LogP contribution in [0.15, 0.2) is 48.5 Å². The molecule has 0 spiro atoms. The summed E-state index contributed by atoms with van der Waals surface area (Å²) in [6, 6.07) is 16.0. The first-order valence-corrected chi connectivity index (χ1v) is 11.3. The van der Waals surface area contributed by atoms with E-state index in [0.717, 1.165) is 56.2 Å². The van der Waals surface area contributed by atoms with Gasteiger partial charge in [-0.15, -0.1) is 0 Å². The van der Waals surface area contributed by atoms with Gasteiger partial charge in [-0.3, -0.25) is 14.5 Å². The minimum atomic E-state index is 0.0324. The molecule has 0 aromatic heterocycles. The second-order valence-electron chi connectivity index (χ2n) is 8.51. The second-order valence-corrected chi connectivity index (χ2v) is 8.51. The second kappa shape index (κ2) is 9.96. The Balaban J connectivity index is 1.23. The third-order valence-electron chi connectivity index (χ3n) is 6.25. The molecule has 0 atom stereocenters. The number of nitrogens with one attached hydrogen (secondary N) is 1. The van der Waals surface area contributed by atoms with Gasteiger partial charge in [0.25, 0.3) is 0 Å². The van der Waals surface area contributed by atoms with Crippen LogP contribution in [-0.2, 0) is 4.79 Å². The summed E-state index contributed by atoms with van der Waals surface area (Å²) in [7, 11) is 0. The van der Waals surface area contributed by atoms with Crippen molar-refractivity contribution in [3.05, 3.63) is 54.1 Å². The standard InChI is InChI=1S/C25H32N4O2/c1-20(30)21-5-9-23(10-6-21)29-17-15-27(16-18-29)19-25(31)26-22-7-11-24(12-8-22)28-13-3-2-4-14-28/h5-12H,2-4,13-19H2,1H3,(H,26,31). The predicted molar refractivity (Wildman–Crippen MR) is 126 cm³/mol. The van der Waals surface area contributed by atoms with E-state index in [1.807, 2.05) is 36.4 Å². The summed E-state index contributed by atoms with van der Waals surface area (Å²) in [6.07, 6.45) is 3.84. The van der Waals surface area contributed by atoms with Gasteiger partial charge in [0.2, 0.25) is 5.91 Å². The van der Waals surface area contributed by atoms with Gasteiger partial charge in [-0.1, -0.05) is 0 Å². The Hall–Kier alpha value is -2.86. The van der Waals surface area contributed by atoms with Gasteiger partial charge >= 0.3 is 0 Å². The lowest BCUT2D eigenvalue weighted by Crippen LogP contribution is -2.48. The molecule has 0 radical (unpaired) electrons. The number of carbonyl (C=O) groups is 2. The normalized spacial score (nSPS) is 17.5. The molecule has 6 heteroatoms. The highest BCUT2D eigenvalue weighted by atomic mass is 16.2. The molecule has 0 unspecified atom stereocenters. The molecule has 6 nitrogen and oxygen atoms in total. The molecule has 1 N–H and O–H groups in total. The highest BCUT2D eigenvalue weighted by molar-refractivity contribution is 5.94. The maximum Gasteiger partial charge on any atom is 0.238 e. The lowest BCUT2D eigenvalue weighted by Gasteiger charge is -2.35. The van der Waals surface area contributed by atoms with E-state index in [2.05, 4.69) is 32.1 Å². The predicted octanol–water partition coefficient (Wildman–Crippen LogP) is 3.64. The van der Waals surface area contributed by atoms with Crippen molar-refractivity contribution in [3.63, 3.8) is 0 Å². The quantitative estimate of drug-likeness (QED) is 0.723. The van der Waals surface area contributed by atoms with Gasteiger partial charge in [-0.2, -0.15) is 0 Å². The zero-order valence-corrected chi connectivity index (χ0v) is 18.3. The first-order chi connectivity index (χ1) is 15.1. The minimum absolute atomic E-state index is 0.0324. The van der Waals surface area contributed by atoms with Crippen molar-refractivity contribution in [1.82, 2.24) is 4.90 Å². The summed E-state index contributed by atoms with van der Waals surface area (Å²) in [5.74, 6) is 0.119. The molecular weight excluding hydrogens is 388 g/mol. The lowest BCUT2D eigenvalue weighted by atomic mass is 10.1. The Labute approximate surface area is 184 Å². The molecule has 4 rings (SSSR count). The van der Waals surface area contributed by atoms with Crippen LogP contribution < -0.4 is 15.1 Å². The number of hydrogen-bond acceptors (Lipinski definition) is 5. The van der Waals surface area contributed by atoms with Crippen molar-refractivity contribution in [2.45, 2.75) is 26.2 Å². The van der Waals surface area contributed by atoms with Crippen molar-refractivity contribution in [1.29, 1.82) is 0 Å². The highest BCUT2D eigenvalue weighted by Crippen LogP contribution is 2.22. The largest absolute Gasteiger partial charge is 0.372 e. The summed E-state index contributed by atoms with van der Waals surface area (Å²) >= 11 is 0. The average Bonchev–Trinajstić information content (AvgIpc) is 2.81. The van der Waals surface area contributed by atoms with E-state index in [0.29, 0.717) is 6.54 Å². The number of rotatable bonds is 6. The molecule has 2 aromatic carbocycles. The lowest BCUT2D eigenvalue weighted by molar-refractivity contribution is -0.117. The smallest absolute Gasteiger partial charge is 0.238 e. The number of piperazine rings is 1. The number of carbonyl (C=O) groups excluding carboxylic acids is 2. The van der Waals surface area contributed by atoms with Crippen molar-refractivity contribution < 1.29 is 9.59 Å². The van der Waals surface area contributed by atoms with Crippen LogP contribution in [-0.4, -0.2) is 62.4 Å². The molecule has 164 valence electrons. The number of Topliss-reactive ketones (excluding diaryl/α,β-unsaturated/α-hetero) is 1. The number of piperidine rings is 1. The van der Waals surface area contributed by atoms with E-state index < -0.39 is 0 Å². The first-order valence-electron chi connectivity index (χ1n) is 11.3. The van der Waals surface area contributed by atoms with Crippen LogP contribution >= 0.6 is 0 Å². The zero-order chi connectivity index (χ0) is 21.6. The van der Waals surface area contributed by atoms with Gasteiger partial charge in [-0.25, -0.2) is 0 Å². The molecule has 0 saturated carbocycles. The van der Waals surface area contributed by atoms with Gasteiger partial charge in [0.1, 0.15) is 0 Å². The third-order valence-corrected chi connectivity index (χ3v) is 6.25. The maximum atomic E-state index is 12.5. The molecule has 2 fully saturated rings. The van der Waals surface area contributed by atoms with E-state index >= 15 is 0 Å². The molecular formula is C25H32N4O2. The van der Waals surface area contributed by atoms with Crippen molar-refractivity contribution in [2.75, 3.05) is 60.9 Å². The van der Waals surface area contributed by atoms with Crippen LogP contribution in [0.2, 0.25) is 0 Å². The van der Waals surface area contributed by atoms with E-state index in [4.69, 9.17) is 0 Å². The fourth-order valence-corrected chi connectivity index (χ4v) is 4.38. The fourth-order valence-electron chi connectivity index (χ4n) is 4.38. The molecule has 0 bridgehead atoms. The van der Waals surface area contributed by atoms with E-state index in [1.54, 1.807) is 6.92 Å².